The predicted molar refractivity (Wildman–Crippen MR) is 333 cm³/mol. The minimum Gasteiger partial charge on any atom is -0.455 e. The quantitative estimate of drug-likeness (QED) is 0.115. The third-order valence-corrected chi connectivity index (χ3v) is 15.1. The minimum atomic E-state index is 0.873. The molecule has 0 bridgehead atoms. The molecular weight excluding hydrogens is 973 g/mol. The number of nitrogens with zero attached hydrogens (tertiary/aromatic N) is 2. The molecule has 0 aliphatic heterocycles. The Kier molecular flexibility index (Phi) is 12.6. The van der Waals surface area contributed by atoms with Crippen molar-refractivity contribution in [2.75, 3.05) is 9.80 Å². The Balaban J connectivity index is 0.754. The maximum absolute atomic E-state index is 6.88. The summed E-state index contributed by atoms with van der Waals surface area (Å²) in [6.45, 7) is 0. The average Bonchev–Trinajstić information content (AvgIpc) is 4.32. The predicted octanol–water partition coefficient (Wildman–Crippen LogP) is 21.8. The van der Waals surface area contributed by atoms with Crippen LogP contribution in [-0.4, -0.2) is 0 Å². The molecule has 0 amide bonds. The van der Waals surface area contributed by atoms with Crippen molar-refractivity contribution < 1.29 is 8.83 Å². The van der Waals surface area contributed by atoms with Crippen molar-refractivity contribution >= 4 is 56.1 Å². The Labute approximate surface area is 466 Å². The monoisotopic (exact) mass is 1020 g/mol. The summed E-state index contributed by atoms with van der Waals surface area (Å²) >= 11 is 0. The topological polar surface area (TPSA) is 32.8 Å². The molecule has 2 aromatic heterocycles. The third-order valence-electron chi connectivity index (χ3n) is 15.1. The van der Waals surface area contributed by atoms with Crippen LogP contribution < -0.4 is 9.80 Å². The second-order valence-corrected chi connectivity index (χ2v) is 20.0. The third kappa shape index (κ3) is 9.01. The van der Waals surface area contributed by atoms with E-state index >= 15 is 0 Å². The molecule has 0 radical (unpaired) electrons. The van der Waals surface area contributed by atoms with E-state index in [1.807, 2.05) is 12.1 Å². The van der Waals surface area contributed by atoms with Crippen LogP contribution in [0, 0.1) is 0 Å². The van der Waals surface area contributed by atoms with Crippen molar-refractivity contribution in [1.82, 2.24) is 0 Å². The number of fused-ring (bicyclic) bond motifs is 2. The van der Waals surface area contributed by atoms with Crippen LogP contribution in [0.25, 0.3) is 100 Å². The van der Waals surface area contributed by atoms with E-state index in [0.29, 0.717) is 0 Å². The number of para-hydroxylation sites is 4. The number of anilines is 6. The van der Waals surface area contributed by atoms with Gasteiger partial charge in [-0.2, -0.15) is 0 Å². The van der Waals surface area contributed by atoms with Gasteiger partial charge in [-0.05, 0) is 106 Å². The Bertz CT molecular complexity index is 4100. The van der Waals surface area contributed by atoms with Crippen LogP contribution in [0.1, 0.15) is 0 Å². The number of rotatable bonds is 13. The van der Waals surface area contributed by atoms with Gasteiger partial charge < -0.3 is 18.6 Å². The van der Waals surface area contributed by atoms with Crippen LogP contribution in [0.3, 0.4) is 0 Å². The standard InChI is InChI=1S/C76H52N2O2/c1-7-21-57(22-8-1)71-69-35-19-33-67(75(69)79-73(71)59-25-11-3-12-26-59)55-41-49-65(50-42-55)77(61-29-15-5-16-30-61)63-45-37-53(38-46-63)54-39-47-64(48-40-54)78(62-31-17-6-18-32-62)66-51-43-56(44-52-66)68-34-20-36-70-72(58-23-9-2-10-24-58)74(80-76(68)70)60-27-13-4-14-28-60/h1-52H. The van der Waals surface area contributed by atoms with Gasteiger partial charge in [0.1, 0.15) is 22.7 Å². The molecule has 2 heterocycles. The van der Waals surface area contributed by atoms with Crippen LogP contribution >= 0.6 is 0 Å². The lowest BCUT2D eigenvalue weighted by molar-refractivity contribution is 0.633. The molecule has 4 heteroatoms. The summed E-state index contributed by atoms with van der Waals surface area (Å²) in [5.74, 6) is 1.75. The SMILES string of the molecule is c1ccc(-c2oc3c(-c4ccc(N(c5ccccc5)c5ccc(-c6ccc(N(c7ccccc7)c7ccc(-c8cccc9c(-c%10ccccc%10)c(-c%10ccccc%10)oc89)cc7)cc6)cc5)cc4)cccc3c2-c2ccccc2)cc1. The van der Waals surface area contributed by atoms with Gasteiger partial charge in [0.05, 0.1) is 0 Å². The number of benzene rings is 12. The molecule has 12 aromatic carbocycles. The zero-order valence-electron chi connectivity index (χ0n) is 43.7. The maximum atomic E-state index is 6.88. The van der Waals surface area contributed by atoms with Crippen molar-refractivity contribution in [3.63, 3.8) is 0 Å². The Morgan fingerprint density at radius 1 is 0.188 bits per heavy atom. The van der Waals surface area contributed by atoms with Crippen molar-refractivity contribution in [3.8, 4) is 78.3 Å². The van der Waals surface area contributed by atoms with Gasteiger partial charge in [-0.1, -0.05) is 243 Å². The van der Waals surface area contributed by atoms with E-state index in [1.165, 1.54) is 0 Å². The molecule has 0 aliphatic carbocycles. The van der Waals surface area contributed by atoms with Gasteiger partial charge in [-0.3, -0.25) is 0 Å². The lowest BCUT2D eigenvalue weighted by Crippen LogP contribution is -2.10. The van der Waals surface area contributed by atoms with Gasteiger partial charge in [0.15, 0.2) is 0 Å². The van der Waals surface area contributed by atoms with E-state index in [4.69, 9.17) is 8.83 Å². The first-order chi connectivity index (χ1) is 39.7. The average molecular weight is 1030 g/mol. The van der Waals surface area contributed by atoms with Crippen LogP contribution in [0.4, 0.5) is 34.1 Å². The zero-order valence-corrected chi connectivity index (χ0v) is 43.7. The highest BCUT2D eigenvalue weighted by molar-refractivity contribution is 6.08. The molecule has 0 fully saturated rings. The van der Waals surface area contributed by atoms with E-state index in [1.54, 1.807) is 0 Å². The van der Waals surface area contributed by atoms with Gasteiger partial charge in [-0.15, -0.1) is 0 Å². The van der Waals surface area contributed by atoms with Gasteiger partial charge in [0, 0.05) is 78.3 Å². The Hall–Kier alpha value is -10.7. The van der Waals surface area contributed by atoms with Crippen molar-refractivity contribution in [2.24, 2.45) is 0 Å². The van der Waals surface area contributed by atoms with Crippen molar-refractivity contribution in [2.45, 2.75) is 0 Å². The molecule has 0 N–H and O–H groups in total. The van der Waals surface area contributed by atoms with Gasteiger partial charge >= 0.3 is 0 Å². The molecule has 80 heavy (non-hydrogen) atoms. The molecule has 0 spiro atoms. The lowest BCUT2D eigenvalue weighted by Gasteiger charge is -2.26. The first-order valence-corrected chi connectivity index (χ1v) is 27.1. The first-order valence-electron chi connectivity index (χ1n) is 27.1. The van der Waals surface area contributed by atoms with Crippen molar-refractivity contribution in [3.05, 3.63) is 315 Å². The largest absolute Gasteiger partial charge is 0.455 e. The summed E-state index contributed by atoms with van der Waals surface area (Å²) in [7, 11) is 0. The summed E-state index contributed by atoms with van der Waals surface area (Å²) in [6.07, 6.45) is 0. The maximum Gasteiger partial charge on any atom is 0.143 e. The molecule has 0 unspecified atom stereocenters. The van der Waals surface area contributed by atoms with E-state index < -0.39 is 0 Å². The summed E-state index contributed by atoms with van der Waals surface area (Å²) in [4.78, 5) is 4.63. The fourth-order valence-corrected chi connectivity index (χ4v) is 11.3. The highest BCUT2D eigenvalue weighted by atomic mass is 16.3. The fraction of sp³-hybridized carbons (Fsp3) is 0. The van der Waals surface area contributed by atoms with Gasteiger partial charge in [0.2, 0.25) is 0 Å². The van der Waals surface area contributed by atoms with Crippen LogP contribution in [0.5, 0.6) is 0 Å². The molecule has 0 aliphatic rings. The molecule has 4 nitrogen and oxygen atoms in total. The molecule has 14 rings (SSSR count). The Morgan fingerprint density at radius 3 is 0.762 bits per heavy atom. The number of hydrogen-bond donors (Lipinski definition) is 0. The van der Waals surface area contributed by atoms with E-state index in [2.05, 4.69) is 313 Å². The summed E-state index contributed by atoms with van der Waals surface area (Å²) in [5, 5.41) is 2.18. The lowest BCUT2D eigenvalue weighted by atomic mass is 9.96. The van der Waals surface area contributed by atoms with Crippen LogP contribution in [0.15, 0.2) is 324 Å². The molecule has 0 saturated heterocycles. The first kappa shape index (κ1) is 47.7. The molecule has 0 saturated carbocycles. The smallest absolute Gasteiger partial charge is 0.143 e. The van der Waals surface area contributed by atoms with Crippen LogP contribution in [0.2, 0.25) is 0 Å². The van der Waals surface area contributed by atoms with E-state index in [9.17, 15) is 0 Å². The fourth-order valence-electron chi connectivity index (χ4n) is 11.3. The highest BCUT2D eigenvalue weighted by Crippen LogP contribution is 2.47. The van der Waals surface area contributed by atoms with E-state index in [0.717, 1.165) is 134 Å². The molecular formula is C76H52N2O2. The van der Waals surface area contributed by atoms with Crippen LogP contribution in [-0.2, 0) is 0 Å². The summed E-state index contributed by atoms with van der Waals surface area (Å²) in [6, 6.07) is 111. The number of furan rings is 2. The highest BCUT2D eigenvalue weighted by Gasteiger charge is 2.23. The second kappa shape index (κ2) is 21.0. The molecule has 0 atom stereocenters. The molecule has 14 aromatic rings. The van der Waals surface area contributed by atoms with Gasteiger partial charge in [-0.25, -0.2) is 0 Å². The zero-order chi connectivity index (χ0) is 53.2. The van der Waals surface area contributed by atoms with Crippen molar-refractivity contribution in [1.29, 1.82) is 0 Å². The van der Waals surface area contributed by atoms with Gasteiger partial charge in [0.25, 0.3) is 0 Å². The summed E-state index contributed by atoms with van der Waals surface area (Å²) < 4.78 is 13.8. The Morgan fingerprint density at radius 2 is 0.450 bits per heavy atom. The minimum absolute atomic E-state index is 0.873. The normalized spacial score (nSPS) is 11.2. The second-order valence-electron chi connectivity index (χ2n) is 20.0. The summed E-state index contributed by atoms with van der Waals surface area (Å²) in [5.41, 5.74) is 21.2. The molecule has 378 valence electrons. The number of hydrogen-bond acceptors (Lipinski definition) is 4. The van der Waals surface area contributed by atoms with E-state index in [-0.39, 0.29) is 0 Å².